The molecule has 0 bridgehead atoms. The Hall–Kier alpha value is -4.00. The average Bonchev–Trinajstić information content (AvgIpc) is 3.31. The van der Waals surface area contributed by atoms with Crippen LogP contribution in [0, 0.1) is 11.3 Å². The van der Waals surface area contributed by atoms with Crippen molar-refractivity contribution >= 4 is 28.6 Å². The highest BCUT2D eigenvalue weighted by Crippen LogP contribution is 2.31. The second-order valence-corrected chi connectivity index (χ2v) is 7.03. The highest BCUT2D eigenvalue weighted by atomic mass is 16.5. The number of nitrogens with zero attached hydrogens (tertiary/aromatic N) is 5. The van der Waals surface area contributed by atoms with Crippen LogP contribution in [0.15, 0.2) is 44.6 Å². The maximum Gasteiger partial charge on any atom is 0.343 e. The molecule has 0 fully saturated rings. The van der Waals surface area contributed by atoms with E-state index in [2.05, 4.69) is 25.4 Å². The molecule has 0 saturated carbocycles. The van der Waals surface area contributed by atoms with Crippen LogP contribution in [-0.4, -0.2) is 33.4 Å². The van der Waals surface area contributed by atoms with Crippen LogP contribution in [0.3, 0.4) is 0 Å². The number of nitriles is 1. The van der Waals surface area contributed by atoms with Gasteiger partial charge >= 0.3 is 5.97 Å². The molecule has 0 saturated heterocycles. The van der Waals surface area contributed by atoms with Crippen molar-refractivity contribution in [2.75, 3.05) is 7.11 Å². The smallest absolute Gasteiger partial charge is 0.343 e. The van der Waals surface area contributed by atoms with Gasteiger partial charge in [-0.2, -0.15) is 10.4 Å². The number of aromatic amines is 1. The molecule has 29 heavy (non-hydrogen) atoms. The van der Waals surface area contributed by atoms with E-state index in [4.69, 9.17) is 9.15 Å². The van der Waals surface area contributed by atoms with Gasteiger partial charge < -0.3 is 14.3 Å². The molecule has 0 radical (unpaired) electrons. The second-order valence-electron chi connectivity index (χ2n) is 7.03. The number of hydrogen-bond donors (Lipinski definition) is 2. The molecule has 1 aromatic carbocycles. The van der Waals surface area contributed by atoms with Crippen LogP contribution in [0.1, 0.15) is 42.7 Å². The molecule has 2 aromatic heterocycles. The summed E-state index contributed by atoms with van der Waals surface area (Å²) in [7, 11) is 1.24. The second kappa shape index (κ2) is 7.55. The van der Waals surface area contributed by atoms with E-state index in [9.17, 15) is 15.2 Å². The summed E-state index contributed by atoms with van der Waals surface area (Å²) in [5, 5.41) is 34.0. The van der Waals surface area contributed by atoms with Gasteiger partial charge in [0.2, 0.25) is 17.3 Å². The highest BCUT2D eigenvalue weighted by Gasteiger charge is 2.29. The molecule has 0 unspecified atom stereocenters. The Morgan fingerprint density at radius 3 is 2.69 bits per heavy atom. The first kappa shape index (κ1) is 19.8. The Labute approximate surface area is 165 Å². The van der Waals surface area contributed by atoms with E-state index in [0.717, 1.165) is 0 Å². The van der Waals surface area contributed by atoms with Gasteiger partial charge in [-0.25, -0.2) is 9.78 Å². The minimum absolute atomic E-state index is 0.0695. The number of oxazole rings is 1. The molecule has 0 aliphatic heterocycles. The topological polar surface area (TPSA) is 150 Å². The fraction of sp³-hybridized carbons (Fsp3) is 0.263. The predicted octanol–water partition coefficient (Wildman–Crippen LogP) is 4.17. The van der Waals surface area contributed by atoms with E-state index in [1.165, 1.54) is 7.11 Å². The standard InChI is InChI=1S/C19H18N6O4/c1-19(2,3)15-13(18(27)28-4)16(25-23-15)24-22-11(9-20)14(26)17-21-10-7-5-6-8-12(10)29-17/h5-8,26H,1-4H3,(H,23,25)/b14-11-,24-22+. The van der Waals surface area contributed by atoms with Crippen LogP contribution in [0.4, 0.5) is 5.82 Å². The predicted molar refractivity (Wildman–Crippen MR) is 102 cm³/mol. The Morgan fingerprint density at radius 1 is 1.34 bits per heavy atom. The summed E-state index contributed by atoms with van der Waals surface area (Å²) in [6.07, 6.45) is 0. The molecule has 3 rings (SSSR count). The Bertz CT molecular complexity index is 1140. The zero-order valence-corrected chi connectivity index (χ0v) is 16.2. The number of benzene rings is 1. The number of ether oxygens (including phenoxy) is 1. The van der Waals surface area contributed by atoms with Crippen LogP contribution >= 0.6 is 0 Å². The van der Waals surface area contributed by atoms with Gasteiger partial charge in [-0.3, -0.25) is 5.10 Å². The largest absolute Gasteiger partial charge is 0.501 e. The number of H-pyrrole nitrogens is 1. The number of rotatable bonds is 4. The highest BCUT2D eigenvalue weighted by molar-refractivity contribution is 5.95. The zero-order valence-electron chi connectivity index (χ0n) is 16.2. The number of azo groups is 1. The van der Waals surface area contributed by atoms with Gasteiger partial charge in [0.05, 0.1) is 12.8 Å². The summed E-state index contributed by atoms with van der Waals surface area (Å²) >= 11 is 0. The molecule has 10 heteroatoms. The molecular formula is C19H18N6O4. The molecule has 0 spiro atoms. The van der Waals surface area contributed by atoms with E-state index in [1.807, 2.05) is 20.8 Å². The van der Waals surface area contributed by atoms with Crippen molar-refractivity contribution in [3.63, 3.8) is 0 Å². The molecule has 0 atom stereocenters. The van der Waals surface area contributed by atoms with Crippen LogP contribution < -0.4 is 0 Å². The van der Waals surface area contributed by atoms with Gasteiger partial charge in [-0.15, -0.1) is 10.2 Å². The molecule has 0 aliphatic carbocycles. The van der Waals surface area contributed by atoms with Crippen molar-refractivity contribution in [2.24, 2.45) is 10.2 Å². The lowest BCUT2D eigenvalue weighted by molar-refractivity contribution is 0.0599. The number of aliphatic hydroxyl groups excluding tert-OH is 1. The third-order valence-corrected chi connectivity index (χ3v) is 3.96. The third kappa shape index (κ3) is 3.84. The number of carbonyl (C=O) groups is 1. The summed E-state index contributed by atoms with van der Waals surface area (Å²) in [5.41, 5.74) is 0.661. The Kier molecular flexibility index (Phi) is 5.14. The molecular weight excluding hydrogens is 376 g/mol. The van der Waals surface area contributed by atoms with Crippen LogP contribution in [0.2, 0.25) is 0 Å². The van der Waals surface area contributed by atoms with Crippen molar-refractivity contribution in [2.45, 2.75) is 26.2 Å². The summed E-state index contributed by atoms with van der Waals surface area (Å²) in [6.45, 7) is 5.65. The minimum Gasteiger partial charge on any atom is -0.501 e. The number of methoxy groups -OCH3 is 1. The zero-order chi connectivity index (χ0) is 21.2. The van der Waals surface area contributed by atoms with E-state index in [1.54, 1.807) is 30.3 Å². The molecule has 0 amide bonds. The lowest BCUT2D eigenvalue weighted by atomic mass is 9.89. The van der Waals surface area contributed by atoms with Crippen molar-refractivity contribution in [1.82, 2.24) is 15.2 Å². The first-order valence-electron chi connectivity index (χ1n) is 8.54. The monoisotopic (exact) mass is 394 g/mol. The normalized spacial score (nSPS) is 12.8. The number of hydrogen-bond acceptors (Lipinski definition) is 9. The molecule has 148 valence electrons. The number of aliphatic hydroxyl groups is 1. The SMILES string of the molecule is COC(=O)c1c(/N=N/C(C#N)=C(\O)c2nc3ccccc3o2)n[nH]c1C(C)(C)C. The van der Waals surface area contributed by atoms with Gasteiger partial charge in [-0.1, -0.05) is 32.9 Å². The fourth-order valence-corrected chi connectivity index (χ4v) is 2.54. The summed E-state index contributed by atoms with van der Waals surface area (Å²) < 4.78 is 10.2. The quantitative estimate of drug-likeness (QED) is 0.292. The summed E-state index contributed by atoms with van der Waals surface area (Å²) in [6, 6.07) is 8.62. The van der Waals surface area contributed by atoms with Crippen LogP contribution in [0.5, 0.6) is 0 Å². The number of allylic oxidation sites excluding steroid dienone is 1. The van der Waals surface area contributed by atoms with E-state index in [-0.39, 0.29) is 17.3 Å². The maximum absolute atomic E-state index is 12.2. The van der Waals surface area contributed by atoms with Gasteiger partial charge in [0.15, 0.2) is 5.58 Å². The number of nitrogens with one attached hydrogen (secondary N) is 1. The lowest BCUT2D eigenvalue weighted by Crippen LogP contribution is -2.17. The number of fused-ring (bicyclic) bond motifs is 1. The number of aromatic nitrogens is 3. The van der Waals surface area contributed by atoms with Gasteiger partial charge in [-0.05, 0) is 12.1 Å². The summed E-state index contributed by atoms with van der Waals surface area (Å²) in [4.78, 5) is 16.3. The van der Waals surface area contributed by atoms with Crippen molar-refractivity contribution in [1.29, 1.82) is 5.26 Å². The van der Waals surface area contributed by atoms with Crippen molar-refractivity contribution in [3.05, 3.63) is 47.1 Å². The maximum atomic E-state index is 12.2. The molecule has 10 nitrogen and oxygen atoms in total. The lowest BCUT2D eigenvalue weighted by Gasteiger charge is -2.17. The van der Waals surface area contributed by atoms with Gasteiger partial charge in [0.1, 0.15) is 17.1 Å². The summed E-state index contributed by atoms with van der Waals surface area (Å²) in [5.74, 6) is -1.48. The molecule has 0 aliphatic rings. The van der Waals surface area contributed by atoms with Gasteiger partial charge in [0, 0.05) is 5.41 Å². The third-order valence-electron chi connectivity index (χ3n) is 3.96. The minimum atomic E-state index is -0.650. The fourth-order valence-electron chi connectivity index (χ4n) is 2.54. The van der Waals surface area contributed by atoms with E-state index < -0.39 is 22.8 Å². The molecule has 2 N–H and O–H groups in total. The molecule has 2 heterocycles. The average molecular weight is 394 g/mol. The molecule has 3 aromatic rings. The van der Waals surface area contributed by atoms with E-state index >= 15 is 0 Å². The first-order chi connectivity index (χ1) is 13.8. The van der Waals surface area contributed by atoms with Crippen molar-refractivity contribution < 1.29 is 19.1 Å². The van der Waals surface area contributed by atoms with E-state index in [0.29, 0.717) is 16.8 Å². The first-order valence-corrected chi connectivity index (χ1v) is 8.54. The van der Waals surface area contributed by atoms with Crippen LogP contribution in [0.25, 0.3) is 16.9 Å². The number of para-hydroxylation sites is 2. The van der Waals surface area contributed by atoms with Crippen LogP contribution in [-0.2, 0) is 10.2 Å². The van der Waals surface area contributed by atoms with Crippen molar-refractivity contribution in [3.8, 4) is 6.07 Å². The Balaban J connectivity index is 2.03. The van der Waals surface area contributed by atoms with Gasteiger partial charge in [0.25, 0.3) is 5.89 Å². The number of carbonyl (C=O) groups excluding carboxylic acids is 1. The number of esters is 1. The Morgan fingerprint density at radius 2 is 2.07 bits per heavy atom.